The summed E-state index contributed by atoms with van der Waals surface area (Å²) in [5, 5.41) is 11.8. The molecular formula is C21H19N3O3S2. The summed E-state index contributed by atoms with van der Waals surface area (Å²) in [6.07, 6.45) is 0.589. The maximum atomic E-state index is 5.76. The minimum absolute atomic E-state index is 0.542. The van der Waals surface area contributed by atoms with Crippen LogP contribution in [0.25, 0.3) is 10.6 Å². The lowest BCUT2D eigenvalue weighted by Gasteiger charge is -2.04. The van der Waals surface area contributed by atoms with E-state index >= 15 is 0 Å². The van der Waals surface area contributed by atoms with Crippen LogP contribution in [-0.4, -0.2) is 29.4 Å². The first-order valence-electron chi connectivity index (χ1n) is 8.91. The van der Waals surface area contributed by atoms with Gasteiger partial charge >= 0.3 is 0 Å². The summed E-state index contributed by atoms with van der Waals surface area (Å²) in [5.41, 5.74) is 3.05. The molecule has 0 bridgehead atoms. The predicted octanol–water partition coefficient (Wildman–Crippen LogP) is 5.09. The number of thioether (sulfide) groups is 1. The van der Waals surface area contributed by atoms with Crippen molar-refractivity contribution in [1.29, 1.82) is 0 Å². The van der Waals surface area contributed by atoms with Crippen LogP contribution in [0.4, 0.5) is 0 Å². The Bertz CT molecular complexity index is 1080. The van der Waals surface area contributed by atoms with Crippen LogP contribution < -0.4 is 9.47 Å². The number of hydrogen-bond acceptors (Lipinski definition) is 8. The standard InChI is InChI=1S/C21H19N3O3S2/c1-25-16-9-7-14(8-10-16)11-19-23-24-21(27-19)29-13-15-12-28-20(22-15)17-5-3-4-6-18(17)26-2/h3-10,12H,11,13H2,1-2H3. The summed E-state index contributed by atoms with van der Waals surface area (Å²) in [4.78, 5) is 4.71. The first-order chi connectivity index (χ1) is 14.2. The molecule has 0 atom stereocenters. The zero-order valence-corrected chi connectivity index (χ0v) is 17.6. The molecule has 29 heavy (non-hydrogen) atoms. The topological polar surface area (TPSA) is 70.3 Å². The maximum Gasteiger partial charge on any atom is 0.276 e. The van der Waals surface area contributed by atoms with E-state index in [1.165, 1.54) is 11.8 Å². The average molecular weight is 426 g/mol. The smallest absolute Gasteiger partial charge is 0.276 e. The third kappa shape index (κ3) is 4.78. The van der Waals surface area contributed by atoms with Crippen LogP contribution in [0.5, 0.6) is 11.5 Å². The zero-order valence-electron chi connectivity index (χ0n) is 16.0. The van der Waals surface area contributed by atoms with Crippen molar-refractivity contribution in [2.45, 2.75) is 17.4 Å². The van der Waals surface area contributed by atoms with Crippen LogP contribution >= 0.6 is 23.1 Å². The molecule has 2 heterocycles. The van der Waals surface area contributed by atoms with Gasteiger partial charge in [-0.25, -0.2) is 4.98 Å². The first-order valence-corrected chi connectivity index (χ1v) is 10.8. The molecule has 4 rings (SSSR count). The fourth-order valence-electron chi connectivity index (χ4n) is 2.74. The number of nitrogens with zero attached hydrogens (tertiary/aromatic N) is 3. The Morgan fingerprint density at radius 3 is 2.62 bits per heavy atom. The molecule has 0 fully saturated rings. The van der Waals surface area contributed by atoms with Crippen LogP contribution in [-0.2, 0) is 12.2 Å². The number of thiazole rings is 1. The Kier molecular flexibility index (Phi) is 6.12. The van der Waals surface area contributed by atoms with Crippen LogP contribution in [0, 0.1) is 0 Å². The van der Waals surface area contributed by atoms with Crippen molar-refractivity contribution >= 4 is 23.1 Å². The van der Waals surface area contributed by atoms with Gasteiger partial charge in [-0.3, -0.25) is 0 Å². The Hall–Kier alpha value is -2.84. The van der Waals surface area contributed by atoms with Crippen molar-refractivity contribution in [2.75, 3.05) is 14.2 Å². The van der Waals surface area contributed by atoms with Crippen molar-refractivity contribution in [1.82, 2.24) is 15.2 Å². The lowest BCUT2D eigenvalue weighted by Crippen LogP contribution is -1.89. The third-order valence-corrected chi connectivity index (χ3v) is 5.97. The fraction of sp³-hybridized carbons (Fsp3) is 0.190. The van der Waals surface area contributed by atoms with Gasteiger partial charge in [0.2, 0.25) is 5.89 Å². The van der Waals surface area contributed by atoms with Crippen molar-refractivity contribution in [3.8, 4) is 22.1 Å². The van der Waals surface area contributed by atoms with Crippen molar-refractivity contribution in [3.63, 3.8) is 0 Å². The number of benzene rings is 2. The zero-order chi connectivity index (χ0) is 20.1. The Morgan fingerprint density at radius 2 is 1.83 bits per heavy atom. The van der Waals surface area contributed by atoms with E-state index in [2.05, 4.69) is 10.2 Å². The van der Waals surface area contributed by atoms with Gasteiger partial charge in [0.05, 0.1) is 31.9 Å². The van der Waals surface area contributed by atoms with Crippen molar-refractivity contribution in [3.05, 3.63) is 71.1 Å². The second kappa shape index (κ2) is 9.11. The van der Waals surface area contributed by atoms with Gasteiger partial charge in [-0.2, -0.15) is 0 Å². The molecule has 2 aromatic carbocycles. The molecule has 0 unspecified atom stereocenters. The van der Waals surface area contributed by atoms with E-state index in [9.17, 15) is 0 Å². The minimum atomic E-state index is 0.542. The number of ether oxygens (including phenoxy) is 2. The second-order valence-electron chi connectivity index (χ2n) is 6.12. The van der Waals surface area contributed by atoms with Gasteiger partial charge < -0.3 is 13.9 Å². The lowest BCUT2D eigenvalue weighted by atomic mass is 10.1. The summed E-state index contributed by atoms with van der Waals surface area (Å²) < 4.78 is 16.4. The molecule has 0 N–H and O–H groups in total. The normalized spacial score (nSPS) is 10.8. The monoisotopic (exact) mass is 425 g/mol. The van der Waals surface area contributed by atoms with E-state index < -0.39 is 0 Å². The summed E-state index contributed by atoms with van der Waals surface area (Å²) in [6, 6.07) is 15.7. The lowest BCUT2D eigenvalue weighted by molar-refractivity contribution is 0.413. The summed E-state index contributed by atoms with van der Waals surface area (Å²) in [6.45, 7) is 0. The molecule has 6 nitrogen and oxygen atoms in total. The summed E-state index contributed by atoms with van der Waals surface area (Å²) in [7, 11) is 3.32. The molecule has 0 aliphatic rings. The number of methoxy groups -OCH3 is 2. The quantitative estimate of drug-likeness (QED) is 0.364. The van der Waals surface area contributed by atoms with Crippen molar-refractivity contribution < 1.29 is 13.9 Å². The molecule has 0 aliphatic carbocycles. The molecular weight excluding hydrogens is 406 g/mol. The highest BCUT2D eigenvalue weighted by molar-refractivity contribution is 7.98. The third-order valence-electron chi connectivity index (χ3n) is 4.20. The Labute approximate surface area is 176 Å². The van der Waals surface area contributed by atoms with Gasteiger partial charge in [0.1, 0.15) is 16.5 Å². The number of aromatic nitrogens is 3. The highest BCUT2D eigenvalue weighted by atomic mass is 32.2. The van der Waals surface area contributed by atoms with E-state index in [0.29, 0.717) is 23.3 Å². The number of hydrogen-bond donors (Lipinski definition) is 0. The van der Waals surface area contributed by atoms with Gasteiger partial charge in [-0.1, -0.05) is 36.0 Å². The van der Waals surface area contributed by atoms with Gasteiger partial charge in [0.25, 0.3) is 5.22 Å². The van der Waals surface area contributed by atoms with Crippen LogP contribution in [0.3, 0.4) is 0 Å². The van der Waals surface area contributed by atoms with E-state index in [4.69, 9.17) is 18.9 Å². The molecule has 0 aliphatic heterocycles. The van der Waals surface area contributed by atoms with Crippen LogP contribution in [0.15, 0.2) is 63.6 Å². The fourth-order valence-corrected chi connectivity index (χ4v) is 4.37. The van der Waals surface area contributed by atoms with Crippen LogP contribution in [0.1, 0.15) is 17.1 Å². The molecule has 4 aromatic rings. The SMILES string of the molecule is COc1ccc(Cc2nnc(SCc3csc(-c4ccccc4OC)n3)o2)cc1. The molecule has 0 radical (unpaired) electrons. The number of rotatable bonds is 8. The first kappa shape index (κ1) is 19.5. The second-order valence-corrected chi connectivity index (χ2v) is 7.90. The predicted molar refractivity (Wildman–Crippen MR) is 114 cm³/mol. The molecule has 2 aromatic heterocycles. The molecule has 0 saturated carbocycles. The summed E-state index contributed by atoms with van der Waals surface area (Å²) >= 11 is 3.08. The average Bonchev–Trinajstić information content (AvgIpc) is 3.42. The summed E-state index contributed by atoms with van der Waals surface area (Å²) in [5.74, 6) is 2.90. The molecule has 0 amide bonds. The van der Waals surface area contributed by atoms with Crippen LogP contribution in [0.2, 0.25) is 0 Å². The molecule has 0 spiro atoms. The molecule has 8 heteroatoms. The Morgan fingerprint density at radius 1 is 1.00 bits per heavy atom. The van der Waals surface area contributed by atoms with E-state index in [0.717, 1.165) is 33.3 Å². The molecule has 0 saturated heterocycles. The van der Waals surface area contributed by atoms with E-state index in [1.54, 1.807) is 25.6 Å². The molecule has 148 valence electrons. The minimum Gasteiger partial charge on any atom is -0.497 e. The maximum absolute atomic E-state index is 5.76. The van der Waals surface area contributed by atoms with Crippen molar-refractivity contribution in [2.24, 2.45) is 0 Å². The highest BCUT2D eigenvalue weighted by Crippen LogP contribution is 2.33. The van der Waals surface area contributed by atoms with Gasteiger partial charge in [0, 0.05) is 11.1 Å². The number of para-hydroxylation sites is 1. The van der Waals surface area contributed by atoms with Gasteiger partial charge in [-0.05, 0) is 29.8 Å². The van der Waals surface area contributed by atoms with Gasteiger partial charge in [0.15, 0.2) is 0 Å². The largest absolute Gasteiger partial charge is 0.497 e. The highest BCUT2D eigenvalue weighted by Gasteiger charge is 2.12. The van der Waals surface area contributed by atoms with E-state index in [-0.39, 0.29) is 0 Å². The van der Waals surface area contributed by atoms with E-state index in [1.807, 2.05) is 53.9 Å². The Balaban J connectivity index is 1.37. The van der Waals surface area contributed by atoms with Gasteiger partial charge in [-0.15, -0.1) is 21.5 Å².